The average molecular weight is 298 g/mol. The van der Waals surface area contributed by atoms with Crippen LogP contribution in [0.25, 0.3) is 0 Å². The minimum atomic E-state index is -2.97. The van der Waals surface area contributed by atoms with E-state index in [1.165, 1.54) is 6.26 Å². The lowest BCUT2D eigenvalue weighted by molar-refractivity contribution is 0.0795. The van der Waals surface area contributed by atoms with E-state index in [-0.39, 0.29) is 11.7 Å². The van der Waals surface area contributed by atoms with Crippen molar-refractivity contribution < 1.29 is 13.2 Å². The van der Waals surface area contributed by atoms with Crippen LogP contribution in [0.2, 0.25) is 0 Å². The first-order chi connectivity index (χ1) is 9.20. The van der Waals surface area contributed by atoms with Crippen LogP contribution in [0.5, 0.6) is 0 Å². The molecule has 0 aliphatic carbocycles. The Labute approximate surface area is 121 Å². The van der Waals surface area contributed by atoms with Crippen molar-refractivity contribution >= 4 is 21.4 Å². The van der Waals surface area contributed by atoms with E-state index >= 15 is 0 Å². The van der Waals surface area contributed by atoms with Crippen molar-refractivity contribution in [1.82, 2.24) is 4.90 Å². The lowest BCUT2D eigenvalue weighted by Crippen LogP contribution is -2.29. The van der Waals surface area contributed by atoms with Crippen molar-refractivity contribution in [2.75, 3.05) is 44.6 Å². The molecule has 0 saturated heterocycles. The molecular weight excluding hydrogens is 276 g/mol. The summed E-state index contributed by atoms with van der Waals surface area (Å²) in [5.41, 5.74) is 1.57. The maximum Gasteiger partial charge on any atom is 0.253 e. The van der Waals surface area contributed by atoms with Crippen molar-refractivity contribution in [2.24, 2.45) is 0 Å². The summed E-state index contributed by atoms with van der Waals surface area (Å²) < 4.78 is 22.1. The largest absolute Gasteiger partial charge is 0.378 e. The highest BCUT2D eigenvalue weighted by Gasteiger charge is 2.13. The summed E-state index contributed by atoms with van der Waals surface area (Å²) in [6.07, 6.45) is 1.66. The minimum absolute atomic E-state index is 0.0952. The van der Waals surface area contributed by atoms with Crippen molar-refractivity contribution in [3.05, 3.63) is 29.8 Å². The Balaban J connectivity index is 2.67. The molecule has 6 heteroatoms. The number of sulfone groups is 1. The van der Waals surface area contributed by atoms with Crippen LogP contribution in [0.4, 0.5) is 5.69 Å². The SMILES string of the molecule is CN(CCCS(C)(=O)=O)C(=O)c1cccc(N(C)C)c1. The maximum absolute atomic E-state index is 12.2. The molecule has 0 atom stereocenters. The summed E-state index contributed by atoms with van der Waals surface area (Å²) in [5.74, 6) is 0.00438. The van der Waals surface area contributed by atoms with Crippen LogP contribution in [0.3, 0.4) is 0 Å². The molecule has 112 valence electrons. The van der Waals surface area contributed by atoms with Gasteiger partial charge in [-0.15, -0.1) is 0 Å². The Morgan fingerprint density at radius 1 is 1.20 bits per heavy atom. The molecule has 0 unspecified atom stereocenters. The molecule has 1 aromatic rings. The number of anilines is 1. The molecule has 0 radical (unpaired) electrons. The highest BCUT2D eigenvalue weighted by Crippen LogP contribution is 2.14. The van der Waals surface area contributed by atoms with Gasteiger partial charge >= 0.3 is 0 Å². The first-order valence-corrected chi connectivity index (χ1v) is 8.47. The van der Waals surface area contributed by atoms with Gasteiger partial charge in [0.15, 0.2) is 0 Å². The van der Waals surface area contributed by atoms with Gasteiger partial charge in [0.05, 0.1) is 5.75 Å². The number of carbonyl (C=O) groups is 1. The summed E-state index contributed by atoms with van der Waals surface area (Å²) in [6, 6.07) is 7.37. The Morgan fingerprint density at radius 3 is 2.40 bits per heavy atom. The second-order valence-electron chi connectivity index (χ2n) is 5.15. The van der Waals surface area contributed by atoms with Crippen LogP contribution in [0.1, 0.15) is 16.8 Å². The monoisotopic (exact) mass is 298 g/mol. The van der Waals surface area contributed by atoms with E-state index in [2.05, 4.69) is 0 Å². The highest BCUT2D eigenvalue weighted by atomic mass is 32.2. The fourth-order valence-corrected chi connectivity index (χ4v) is 2.46. The average Bonchev–Trinajstić information content (AvgIpc) is 2.36. The third kappa shape index (κ3) is 5.21. The number of rotatable bonds is 6. The number of benzene rings is 1. The van der Waals surface area contributed by atoms with Crippen LogP contribution in [0.15, 0.2) is 24.3 Å². The van der Waals surface area contributed by atoms with Gasteiger partial charge in [0.25, 0.3) is 5.91 Å². The molecule has 0 bridgehead atoms. The number of hydrogen-bond acceptors (Lipinski definition) is 4. The van der Waals surface area contributed by atoms with Crippen molar-refractivity contribution in [3.63, 3.8) is 0 Å². The fourth-order valence-electron chi connectivity index (χ4n) is 1.80. The van der Waals surface area contributed by atoms with Gasteiger partial charge in [0.1, 0.15) is 9.84 Å². The molecule has 0 spiro atoms. The lowest BCUT2D eigenvalue weighted by Gasteiger charge is -2.18. The molecule has 20 heavy (non-hydrogen) atoms. The zero-order chi connectivity index (χ0) is 15.3. The second kappa shape index (κ2) is 6.74. The van der Waals surface area contributed by atoms with Crippen molar-refractivity contribution in [2.45, 2.75) is 6.42 Å². The van der Waals surface area contributed by atoms with Crippen molar-refractivity contribution in [3.8, 4) is 0 Å². The summed E-state index contributed by atoms with van der Waals surface area (Å²) in [4.78, 5) is 15.7. The normalized spacial score (nSPS) is 11.2. The van der Waals surface area contributed by atoms with E-state index in [0.29, 0.717) is 18.5 Å². The zero-order valence-corrected chi connectivity index (χ0v) is 13.3. The summed E-state index contributed by atoms with van der Waals surface area (Å²) in [5, 5.41) is 0. The molecule has 0 saturated carbocycles. The zero-order valence-electron chi connectivity index (χ0n) is 12.5. The van der Waals surface area contributed by atoms with E-state index < -0.39 is 9.84 Å². The Hall–Kier alpha value is -1.56. The molecule has 0 aliphatic heterocycles. The smallest absolute Gasteiger partial charge is 0.253 e. The highest BCUT2D eigenvalue weighted by molar-refractivity contribution is 7.90. The molecule has 1 rings (SSSR count). The van der Waals surface area contributed by atoms with Crippen LogP contribution in [0, 0.1) is 0 Å². The fraction of sp³-hybridized carbons (Fsp3) is 0.500. The maximum atomic E-state index is 12.2. The number of amides is 1. The molecule has 0 aliphatic rings. The van der Waals surface area contributed by atoms with Gasteiger partial charge in [-0.05, 0) is 24.6 Å². The minimum Gasteiger partial charge on any atom is -0.378 e. The van der Waals surface area contributed by atoms with Gasteiger partial charge < -0.3 is 9.80 Å². The topological polar surface area (TPSA) is 57.7 Å². The van der Waals surface area contributed by atoms with E-state index in [0.717, 1.165) is 5.69 Å². The summed E-state index contributed by atoms with van der Waals surface area (Å²) in [7, 11) is 2.55. The quantitative estimate of drug-likeness (QED) is 0.793. The van der Waals surface area contributed by atoms with E-state index in [1.807, 2.05) is 37.2 Å². The summed E-state index contributed by atoms with van der Waals surface area (Å²) in [6.45, 7) is 0.429. The Bertz CT molecular complexity index is 568. The molecule has 0 fully saturated rings. The van der Waals surface area contributed by atoms with Crippen LogP contribution in [-0.2, 0) is 9.84 Å². The van der Waals surface area contributed by atoms with Gasteiger partial charge in [-0.2, -0.15) is 0 Å². The van der Waals surface area contributed by atoms with E-state index in [1.54, 1.807) is 18.0 Å². The van der Waals surface area contributed by atoms with Gasteiger partial charge in [-0.3, -0.25) is 4.79 Å². The van der Waals surface area contributed by atoms with Crippen molar-refractivity contribution in [1.29, 1.82) is 0 Å². The molecule has 1 aromatic carbocycles. The lowest BCUT2D eigenvalue weighted by atomic mass is 10.1. The molecule has 5 nitrogen and oxygen atoms in total. The van der Waals surface area contributed by atoms with Gasteiger partial charge in [0.2, 0.25) is 0 Å². The first-order valence-electron chi connectivity index (χ1n) is 6.41. The molecule has 0 heterocycles. The standard InChI is InChI=1S/C14H22N2O3S/c1-15(2)13-8-5-7-12(11-13)14(17)16(3)9-6-10-20(4,18)19/h5,7-8,11H,6,9-10H2,1-4H3. The van der Waals surface area contributed by atoms with Crippen LogP contribution < -0.4 is 4.90 Å². The number of hydrogen-bond donors (Lipinski definition) is 0. The summed E-state index contributed by atoms with van der Waals surface area (Å²) >= 11 is 0. The van der Waals surface area contributed by atoms with Gasteiger partial charge in [0, 0.05) is 45.2 Å². The van der Waals surface area contributed by atoms with E-state index in [4.69, 9.17) is 0 Å². The molecule has 0 N–H and O–H groups in total. The van der Waals surface area contributed by atoms with Crippen LogP contribution in [-0.4, -0.2) is 58.9 Å². The predicted molar refractivity (Wildman–Crippen MR) is 82.1 cm³/mol. The third-order valence-corrected chi connectivity index (χ3v) is 4.00. The Kier molecular flexibility index (Phi) is 5.56. The predicted octanol–water partition coefficient (Wildman–Crippen LogP) is 1.26. The van der Waals surface area contributed by atoms with Crippen LogP contribution >= 0.6 is 0 Å². The number of nitrogens with zero attached hydrogens (tertiary/aromatic N) is 2. The first kappa shape index (κ1) is 16.5. The molecular formula is C14H22N2O3S. The second-order valence-corrected chi connectivity index (χ2v) is 7.41. The number of carbonyl (C=O) groups excluding carboxylic acids is 1. The van der Waals surface area contributed by atoms with Gasteiger partial charge in [-0.25, -0.2) is 8.42 Å². The van der Waals surface area contributed by atoms with E-state index in [9.17, 15) is 13.2 Å². The molecule has 1 amide bonds. The molecule has 0 aromatic heterocycles. The third-order valence-electron chi connectivity index (χ3n) is 2.96. The van der Waals surface area contributed by atoms with Gasteiger partial charge in [-0.1, -0.05) is 6.07 Å². The Morgan fingerprint density at radius 2 is 1.85 bits per heavy atom.